The molecule has 3 rings (SSSR count). The van der Waals surface area contributed by atoms with Gasteiger partial charge in [0.05, 0.1) is 33.6 Å². The Labute approximate surface area is 207 Å². The highest BCUT2D eigenvalue weighted by Crippen LogP contribution is 2.25. The monoisotopic (exact) mass is 558 g/mol. The molecule has 1 aromatic heterocycles. The Morgan fingerprint density at radius 3 is 2.56 bits per heavy atom. The predicted octanol–water partition coefficient (Wildman–Crippen LogP) is 2.87. The van der Waals surface area contributed by atoms with E-state index in [4.69, 9.17) is 23.6 Å². The molecule has 1 saturated heterocycles. The van der Waals surface area contributed by atoms with Crippen LogP contribution in [0.15, 0.2) is 46.0 Å². The van der Waals surface area contributed by atoms with Crippen LogP contribution in [0.3, 0.4) is 0 Å². The van der Waals surface area contributed by atoms with E-state index in [9.17, 15) is 0 Å². The zero-order chi connectivity index (χ0) is 21.9. The molecular formula is C23H35IN4O4. The van der Waals surface area contributed by atoms with Gasteiger partial charge in [-0.15, -0.1) is 24.0 Å². The van der Waals surface area contributed by atoms with E-state index in [0.717, 1.165) is 74.5 Å². The van der Waals surface area contributed by atoms with Gasteiger partial charge in [0.25, 0.3) is 0 Å². The topological polar surface area (TPSA) is 71.7 Å². The summed E-state index contributed by atoms with van der Waals surface area (Å²) in [5, 5.41) is 3.49. The molecule has 1 aromatic carbocycles. The quantitative estimate of drug-likeness (QED) is 0.208. The molecule has 2 aromatic rings. The van der Waals surface area contributed by atoms with E-state index in [0.29, 0.717) is 13.2 Å². The maximum absolute atomic E-state index is 5.53. The number of hydrogen-bond donors (Lipinski definition) is 1. The third-order valence-corrected chi connectivity index (χ3v) is 5.34. The minimum atomic E-state index is 0. The van der Waals surface area contributed by atoms with Crippen LogP contribution in [0.2, 0.25) is 0 Å². The summed E-state index contributed by atoms with van der Waals surface area (Å²) in [6, 6.07) is 9.86. The van der Waals surface area contributed by atoms with E-state index in [1.807, 2.05) is 24.3 Å². The summed E-state index contributed by atoms with van der Waals surface area (Å²) in [5.41, 5.74) is 1.14. The van der Waals surface area contributed by atoms with E-state index in [-0.39, 0.29) is 24.0 Å². The van der Waals surface area contributed by atoms with Gasteiger partial charge in [0.15, 0.2) is 5.96 Å². The Morgan fingerprint density at radius 2 is 1.91 bits per heavy atom. The third kappa shape index (κ3) is 7.86. The zero-order valence-corrected chi connectivity index (χ0v) is 21.5. The highest BCUT2D eigenvalue weighted by Gasteiger charge is 2.21. The Balaban J connectivity index is 0.00000363. The molecule has 0 amide bonds. The first kappa shape index (κ1) is 26.3. The number of nitrogens with one attached hydrogen (secondary N) is 1. The smallest absolute Gasteiger partial charge is 0.194 e. The summed E-state index contributed by atoms with van der Waals surface area (Å²) in [7, 11) is 5.10. The average molecular weight is 558 g/mol. The number of halogens is 1. The van der Waals surface area contributed by atoms with Crippen LogP contribution in [0.4, 0.5) is 0 Å². The molecule has 32 heavy (non-hydrogen) atoms. The van der Waals surface area contributed by atoms with E-state index in [1.165, 1.54) is 0 Å². The first-order valence-electron chi connectivity index (χ1n) is 10.7. The molecule has 0 unspecified atom stereocenters. The van der Waals surface area contributed by atoms with Crippen molar-refractivity contribution in [3.8, 4) is 11.5 Å². The normalized spacial score (nSPS) is 14.7. The number of methoxy groups -OCH3 is 3. The van der Waals surface area contributed by atoms with E-state index in [1.54, 1.807) is 27.6 Å². The van der Waals surface area contributed by atoms with Gasteiger partial charge in [0.2, 0.25) is 0 Å². The van der Waals surface area contributed by atoms with Crippen molar-refractivity contribution >= 4 is 29.9 Å². The van der Waals surface area contributed by atoms with E-state index in [2.05, 4.69) is 21.2 Å². The van der Waals surface area contributed by atoms with Gasteiger partial charge in [-0.05, 0) is 30.3 Å². The minimum Gasteiger partial charge on any atom is -0.497 e. The number of nitrogens with zero attached hydrogens (tertiary/aromatic N) is 3. The maximum Gasteiger partial charge on any atom is 0.194 e. The van der Waals surface area contributed by atoms with Crippen molar-refractivity contribution in [1.29, 1.82) is 0 Å². The van der Waals surface area contributed by atoms with Crippen molar-refractivity contribution in [3.63, 3.8) is 0 Å². The minimum absolute atomic E-state index is 0. The molecule has 1 fully saturated rings. The van der Waals surface area contributed by atoms with Crippen LogP contribution < -0.4 is 14.8 Å². The highest BCUT2D eigenvalue weighted by molar-refractivity contribution is 14.0. The molecule has 0 radical (unpaired) electrons. The number of ether oxygens (including phenoxy) is 3. The molecule has 1 aliphatic rings. The third-order valence-electron chi connectivity index (χ3n) is 5.34. The molecule has 8 nitrogen and oxygen atoms in total. The number of benzene rings is 1. The van der Waals surface area contributed by atoms with Crippen molar-refractivity contribution in [2.24, 2.45) is 4.99 Å². The average Bonchev–Trinajstić information content (AvgIpc) is 3.32. The molecule has 0 atom stereocenters. The van der Waals surface area contributed by atoms with Gasteiger partial charge in [-0.3, -0.25) is 9.89 Å². The summed E-state index contributed by atoms with van der Waals surface area (Å²) in [4.78, 5) is 9.49. The molecule has 0 saturated carbocycles. The van der Waals surface area contributed by atoms with Gasteiger partial charge in [-0.2, -0.15) is 0 Å². The SMILES string of the molecule is COCCN=C(NCCc1ccco1)N1CCN(Cc2cc(OC)ccc2OC)CC1.I. The van der Waals surface area contributed by atoms with Crippen molar-refractivity contribution in [3.05, 3.63) is 47.9 Å². The van der Waals surface area contributed by atoms with Crippen molar-refractivity contribution in [1.82, 2.24) is 15.1 Å². The second-order valence-electron chi connectivity index (χ2n) is 7.40. The van der Waals surface area contributed by atoms with Gasteiger partial charge >= 0.3 is 0 Å². The maximum atomic E-state index is 5.53. The predicted molar refractivity (Wildman–Crippen MR) is 136 cm³/mol. The molecule has 2 heterocycles. The van der Waals surface area contributed by atoms with Gasteiger partial charge in [0.1, 0.15) is 17.3 Å². The standard InChI is InChI=1S/C23H34N4O4.HI/c1-28-16-10-25-23(24-9-8-20-5-4-15-31-20)27-13-11-26(12-14-27)18-19-17-21(29-2)6-7-22(19)30-3;/h4-7,15,17H,8-14,16,18H2,1-3H3,(H,24,25);1H. The number of guanidine groups is 1. The summed E-state index contributed by atoms with van der Waals surface area (Å²) < 4.78 is 21.5. The summed E-state index contributed by atoms with van der Waals surface area (Å²) >= 11 is 0. The summed E-state index contributed by atoms with van der Waals surface area (Å²) in [6.07, 6.45) is 2.53. The summed E-state index contributed by atoms with van der Waals surface area (Å²) in [6.45, 7) is 6.57. The van der Waals surface area contributed by atoms with Gasteiger partial charge < -0.3 is 28.8 Å². The molecule has 1 N–H and O–H groups in total. The lowest BCUT2D eigenvalue weighted by Crippen LogP contribution is -2.52. The Morgan fingerprint density at radius 1 is 1.09 bits per heavy atom. The molecule has 0 aliphatic carbocycles. The fourth-order valence-electron chi connectivity index (χ4n) is 3.63. The largest absolute Gasteiger partial charge is 0.497 e. The van der Waals surface area contributed by atoms with Crippen molar-refractivity contribution in [2.75, 3.05) is 67.2 Å². The fraction of sp³-hybridized carbons (Fsp3) is 0.522. The van der Waals surface area contributed by atoms with E-state index >= 15 is 0 Å². The van der Waals surface area contributed by atoms with Crippen molar-refractivity contribution < 1.29 is 18.6 Å². The number of furan rings is 1. The van der Waals surface area contributed by atoms with Gasteiger partial charge in [0, 0.05) is 58.4 Å². The lowest BCUT2D eigenvalue weighted by atomic mass is 10.1. The molecule has 1 aliphatic heterocycles. The Bertz CT molecular complexity index is 808. The van der Waals surface area contributed by atoms with Crippen LogP contribution in [0, 0.1) is 0 Å². The van der Waals surface area contributed by atoms with Gasteiger partial charge in [-0.1, -0.05) is 0 Å². The van der Waals surface area contributed by atoms with Crippen LogP contribution in [0.1, 0.15) is 11.3 Å². The lowest BCUT2D eigenvalue weighted by Gasteiger charge is -2.36. The van der Waals surface area contributed by atoms with Crippen LogP contribution >= 0.6 is 24.0 Å². The Hall–Kier alpha value is -1.98. The van der Waals surface area contributed by atoms with Crippen LogP contribution in [0.25, 0.3) is 0 Å². The lowest BCUT2D eigenvalue weighted by molar-refractivity contribution is 0.170. The summed E-state index contributed by atoms with van der Waals surface area (Å²) in [5.74, 6) is 3.65. The first-order chi connectivity index (χ1) is 15.2. The Kier molecular flexibility index (Phi) is 11.7. The second-order valence-corrected chi connectivity index (χ2v) is 7.40. The number of hydrogen-bond acceptors (Lipinski definition) is 6. The van der Waals surface area contributed by atoms with Crippen LogP contribution in [0.5, 0.6) is 11.5 Å². The van der Waals surface area contributed by atoms with Crippen LogP contribution in [-0.4, -0.2) is 83.0 Å². The van der Waals surface area contributed by atoms with E-state index < -0.39 is 0 Å². The highest BCUT2D eigenvalue weighted by atomic mass is 127. The van der Waals surface area contributed by atoms with Crippen LogP contribution in [-0.2, 0) is 17.7 Å². The molecule has 9 heteroatoms. The molecule has 178 valence electrons. The fourth-order valence-corrected chi connectivity index (χ4v) is 3.63. The number of rotatable bonds is 10. The molecule has 0 bridgehead atoms. The second kappa shape index (κ2) is 14.2. The van der Waals surface area contributed by atoms with Gasteiger partial charge in [-0.25, -0.2) is 0 Å². The molecule has 0 spiro atoms. The first-order valence-corrected chi connectivity index (χ1v) is 10.7. The molecular weight excluding hydrogens is 523 g/mol. The number of aliphatic imine (C=N–C) groups is 1. The zero-order valence-electron chi connectivity index (χ0n) is 19.2. The number of piperazine rings is 1. The van der Waals surface area contributed by atoms with Crippen molar-refractivity contribution in [2.45, 2.75) is 13.0 Å².